The minimum atomic E-state index is -4.30. The number of fused-ring (bicyclic) bond motifs is 1. The van der Waals surface area contributed by atoms with E-state index >= 15 is 0 Å². The molecule has 0 saturated heterocycles. The predicted octanol–water partition coefficient (Wildman–Crippen LogP) is 4.38. The number of pyridine rings is 1. The summed E-state index contributed by atoms with van der Waals surface area (Å²) in [6.07, 6.45) is 0.142. The molecule has 0 bridgehead atoms. The van der Waals surface area contributed by atoms with Crippen molar-refractivity contribution in [2.24, 2.45) is 0 Å². The zero-order chi connectivity index (χ0) is 16.0. The van der Waals surface area contributed by atoms with E-state index in [1.807, 2.05) is 12.1 Å². The largest absolute Gasteiger partial charge is 0.416 e. The zero-order valence-electron chi connectivity index (χ0n) is 12.2. The van der Waals surface area contributed by atoms with Crippen molar-refractivity contribution in [1.29, 1.82) is 0 Å². The summed E-state index contributed by atoms with van der Waals surface area (Å²) in [4.78, 5) is 9.02. The summed E-state index contributed by atoms with van der Waals surface area (Å²) in [5.41, 5.74) is 1.88. The molecular formula is C17H14F3N3. The number of halogens is 3. The van der Waals surface area contributed by atoms with Gasteiger partial charge in [-0.25, -0.2) is 9.97 Å². The van der Waals surface area contributed by atoms with Crippen molar-refractivity contribution >= 4 is 11.2 Å². The molecule has 23 heavy (non-hydrogen) atoms. The summed E-state index contributed by atoms with van der Waals surface area (Å²) < 4.78 is 40.1. The fourth-order valence-electron chi connectivity index (χ4n) is 2.81. The molecule has 0 unspecified atom stereocenters. The third-order valence-electron chi connectivity index (χ3n) is 4.08. The van der Waals surface area contributed by atoms with Gasteiger partial charge in [-0.1, -0.05) is 12.1 Å². The van der Waals surface area contributed by atoms with Crippen molar-refractivity contribution < 1.29 is 13.2 Å². The maximum Gasteiger partial charge on any atom is 0.416 e. The van der Waals surface area contributed by atoms with Gasteiger partial charge < -0.3 is 4.57 Å². The first-order valence-electron chi connectivity index (χ1n) is 7.50. The Morgan fingerprint density at radius 1 is 1.09 bits per heavy atom. The number of rotatable bonds is 3. The summed E-state index contributed by atoms with van der Waals surface area (Å²) in [5, 5.41) is 0. The van der Waals surface area contributed by atoms with Crippen molar-refractivity contribution in [3.8, 4) is 0 Å². The molecule has 0 atom stereocenters. The second kappa shape index (κ2) is 5.08. The lowest BCUT2D eigenvalue weighted by atomic mass is 10.1. The first-order valence-corrected chi connectivity index (χ1v) is 7.50. The lowest BCUT2D eigenvalue weighted by Gasteiger charge is -2.09. The standard InChI is InChI=1S/C17H14F3N3/c18-17(19,20)12-5-3-11(4-6-12)10-15-22-14-2-1-9-21-16(14)23(15)13-7-8-13/h1-6,9,13H,7-8,10H2. The average molecular weight is 317 g/mol. The van der Waals surface area contributed by atoms with Gasteiger partial charge in [0.1, 0.15) is 11.3 Å². The van der Waals surface area contributed by atoms with Crippen molar-refractivity contribution in [2.45, 2.75) is 31.5 Å². The number of imidazole rings is 1. The van der Waals surface area contributed by atoms with E-state index in [2.05, 4.69) is 14.5 Å². The number of alkyl halides is 3. The molecule has 6 heteroatoms. The fourth-order valence-corrected chi connectivity index (χ4v) is 2.81. The first kappa shape index (κ1) is 14.2. The fraction of sp³-hybridized carbons (Fsp3) is 0.294. The molecule has 1 saturated carbocycles. The van der Waals surface area contributed by atoms with Crippen LogP contribution in [0.2, 0.25) is 0 Å². The molecule has 0 amide bonds. The van der Waals surface area contributed by atoms with Crippen LogP contribution in [0.1, 0.15) is 35.8 Å². The third-order valence-corrected chi connectivity index (χ3v) is 4.08. The smallest absolute Gasteiger partial charge is 0.309 e. The second-order valence-electron chi connectivity index (χ2n) is 5.85. The molecule has 2 aromatic heterocycles. The Morgan fingerprint density at radius 3 is 2.48 bits per heavy atom. The second-order valence-corrected chi connectivity index (χ2v) is 5.85. The van der Waals surface area contributed by atoms with E-state index in [-0.39, 0.29) is 0 Å². The van der Waals surface area contributed by atoms with Crippen LogP contribution < -0.4 is 0 Å². The Kier molecular flexibility index (Phi) is 3.14. The minimum Gasteiger partial charge on any atom is -0.309 e. The van der Waals surface area contributed by atoms with E-state index in [0.29, 0.717) is 12.5 Å². The van der Waals surface area contributed by atoms with Crippen LogP contribution >= 0.6 is 0 Å². The zero-order valence-corrected chi connectivity index (χ0v) is 12.2. The molecule has 2 heterocycles. The highest BCUT2D eigenvalue weighted by Crippen LogP contribution is 2.38. The van der Waals surface area contributed by atoms with Crippen LogP contribution in [0.25, 0.3) is 11.2 Å². The highest BCUT2D eigenvalue weighted by molar-refractivity contribution is 5.71. The van der Waals surface area contributed by atoms with Gasteiger partial charge in [0.2, 0.25) is 0 Å². The lowest BCUT2D eigenvalue weighted by Crippen LogP contribution is -2.06. The molecule has 4 rings (SSSR count). The van der Waals surface area contributed by atoms with Gasteiger partial charge in [0.05, 0.1) is 5.56 Å². The van der Waals surface area contributed by atoms with Gasteiger partial charge in [-0.15, -0.1) is 0 Å². The molecule has 1 aliphatic rings. The van der Waals surface area contributed by atoms with E-state index in [9.17, 15) is 13.2 Å². The maximum atomic E-state index is 12.6. The summed E-state index contributed by atoms with van der Waals surface area (Å²) in [5.74, 6) is 0.862. The van der Waals surface area contributed by atoms with Crippen LogP contribution in [-0.4, -0.2) is 14.5 Å². The number of nitrogens with zero attached hydrogens (tertiary/aromatic N) is 3. The van der Waals surface area contributed by atoms with E-state index in [4.69, 9.17) is 0 Å². The predicted molar refractivity (Wildman–Crippen MR) is 80.0 cm³/mol. The van der Waals surface area contributed by atoms with Crippen LogP contribution in [0, 0.1) is 0 Å². The quantitative estimate of drug-likeness (QED) is 0.718. The molecule has 3 aromatic rings. The number of aromatic nitrogens is 3. The molecule has 1 aliphatic carbocycles. The van der Waals surface area contributed by atoms with Crippen LogP contribution in [0.3, 0.4) is 0 Å². The van der Waals surface area contributed by atoms with Gasteiger partial charge >= 0.3 is 6.18 Å². The summed E-state index contributed by atoms with van der Waals surface area (Å²) in [6, 6.07) is 9.46. The van der Waals surface area contributed by atoms with E-state index in [1.54, 1.807) is 6.20 Å². The van der Waals surface area contributed by atoms with Crippen LogP contribution in [0.15, 0.2) is 42.6 Å². The van der Waals surface area contributed by atoms with Gasteiger partial charge in [0, 0.05) is 18.7 Å². The van der Waals surface area contributed by atoms with Crippen LogP contribution in [-0.2, 0) is 12.6 Å². The Hall–Kier alpha value is -2.37. The monoisotopic (exact) mass is 317 g/mol. The number of hydrogen-bond acceptors (Lipinski definition) is 2. The summed E-state index contributed by atoms with van der Waals surface area (Å²) >= 11 is 0. The van der Waals surface area contributed by atoms with Crippen LogP contribution in [0.4, 0.5) is 13.2 Å². The highest BCUT2D eigenvalue weighted by atomic mass is 19.4. The summed E-state index contributed by atoms with van der Waals surface area (Å²) in [7, 11) is 0. The van der Waals surface area contributed by atoms with Crippen molar-refractivity contribution in [3.05, 3.63) is 59.5 Å². The molecule has 1 fully saturated rings. The Bertz CT molecular complexity index is 846. The summed E-state index contributed by atoms with van der Waals surface area (Å²) in [6.45, 7) is 0. The van der Waals surface area contributed by atoms with E-state index < -0.39 is 11.7 Å². The van der Waals surface area contributed by atoms with E-state index in [0.717, 1.165) is 47.5 Å². The normalized spacial score (nSPS) is 15.3. The molecule has 0 aliphatic heterocycles. The highest BCUT2D eigenvalue weighted by Gasteiger charge is 2.31. The number of hydrogen-bond donors (Lipinski definition) is 0. The van der Waals surface area contributed by atoms with Gasteiger partial charge in [-0.2, -0.15) is 13.2 Å². The van der Waals surface area contributed by atoms with Crippen molar-refractivity contribution in [1.82, 2.24) is 14.5 Å². The Balaban J connectivity index is 1.69. The van der Waals surface area contributed by atoms with Gasteiger partial charge in [0.15, 0.2) is 5.65 Å². The Morgan fingerprint density at radius 2 is 1.83 bits per heavy atom. The molecule has 0 spiro atoms. The molecule has 0 radical (unpaired) electrons. The van der Waals surface area contributed by atoms with E-state index in [1.165, 1.54) is 12.1 Å². The Labute approximate surface area is 130 Å². The topological polar surface area (TPSA) is 30.7 Å². The van der Waals surface area contributed by atoms with Gasteiger partial charge in [-0.3, -0.25) is 0 Å². The lowest BCUT2D eigenvalue weighted by molar-refractivity contribution is -0.137. The first-order chi connectivity index (χ1) is 11.0. The SMILES string of the molecule is FC(F)(F)c1ccc(Cc2nc3cccnc3n2C2CC2)cc1. The molecule has 1 aromatic carbocycles. The van der Waals surface area contributed by atoms with Crippen molar-refractivity contribution in [2.75, 3.05) is 0 Å². The molecular weight excluding hydrogens is 303 g/mol. The van der Waals surface area contributed by atoms with Crippen molar-refractivity contribution in [3.63, 3.8) is 0 Å². The number of benzene rings is 1. The molecule has 118 valence electrons. The molecule has 3 nitrogen and oxygen atoms in total. The minimum absolute atomic E-state index is 0.416. The average Bonchev–Trinajstić information content (AvgIpc) is 3.28. The van der Waals surface area contributed by atoms with Gasteiger partial charge in [0.25, 0.3) is 0 Å². The van der Waals surface area contributed by atoms with Gasteiger partial charge in [-0.05, 0) is 42.7 Å². The maximum absolute atomic E-state index is 12.6. The van der Waals surface area contributed by atoms with Crippen LogP contribution in [0.5, 0.6) is 0 Å². The third kappa shape index (κ3) is 2.69. The molecule has 0 N–H and O–H groups in total.